The van der Waals surface area contributed by atoms with E-state index in [1.165, 1.54) is 6.92 Å². The topological polar surface area (TPSA) is 120 Å². The minimum absolute atomic E-state index is 0.139. The van der Waals surface area contributed by atoms with Crippen molar-refractivity contribution < 1.29 is 22.7 Å². The molecule has 1 aromatic rings. The zero-order valence-corrected chi connectivity index (χ0v) is 12.3. The highest BCUT2D eigenvalue weighted by Gasteiger charge is 2.22. The normalized spacial score (nSPS) is 16.4. The van der Waals surface area contributed by atoms with E-state index in [4.69, 9.17) is 9.47 Å². The Morgan fingerprint density at radius 3 is 2.75 bits per heavy atom. The van der Waals surface area contributed by atoms with Crippen molar-refractivity contribution in [2.45, 2.75) is 24.0 Å². The summed E-state index contributed by atoms with van der Waals surface area (Å²) >= 11 is 0.784. The molecule has 0 bridgehead atoms. The second-order valence-corrected chi connectivity index (χ2v) is 6.83. The molecule has 1 aliphatic rings. The van der Waals surface area contributed by atoms with Gasteiger partial charge in [0, 0.05) is 19.9 Å². The molecule has 2 N–H and O–H groups in total. The maximum absolute atomic E-state index is 11.9. The maximum Gasteiger partial charge on any atom is 0.269 e. The van der Waals surface area contributed by atoms with Crippen molar-refractivity contribution in [3.63, 3.8) is 0 Å². The van der Waals surface area contributed by atoms with E-state index < -0.39 is 10.0 Å². The van der Waals surface area contributed by atoms with E-state index in [1.54, 1.807) is 0 Å². The first-order chi connectivity index (χ1) is 9.47. The molecule has 0 unspecified atom stereocenters. The van der Waals surface area contributed by atoms with Crippen LogP contribution in [0.25, 0.3) is 0 Å². The van der Waals surface area contributed by atoms with Gasteiger partial charge in [-0.05, 0) is 0 Å². The van der Waals surface area contributed by atoms with Crippen LogP contribution in [-0.4, -0.2) is 50.6 Å². The van der Waals surface area contributed by atoms with Gasteiger partial charge < -0.3 is 14.8 Å². The summed E-state index contributed by atoms with van der Waals surface area (Å²) in [6.07, 6.45) is 0.0402. The van der Waals surface area contributed by atoms with Crippen molar-refractivity contribution in [2.24, 2.45) is 0 Å². The number of ether oxygens (including phenoxy) is 2. The monoisotopic (exact) mass is 322 g/mol. The SMILES string of the molecule is CC(=O)Nc1nnc(S(=O)(=O)NCCC2OCCO2)s1. The Balaban J connectivity index is 1.88. The smallest absolute Gasteiger partial charge is 0.269 e. The van der Waals surface area contributed by atoms with Gasteiger partial charge in [-0.1, -0.05) is 11.3 Å². The van der Waals surface area contributed by atoms with Gasteiger partial charge in [0.2, 0.25) is 15.4 Å². The Hall–Kier alpha value is -1.14. The van der Waals surface area contributed by atoms with Crippen LogP contribution < -0.4 is 10.0 Å². The van der Waals surface area contributed by atoms with E-state index in [2.05, 4.69) is 20.2 Å². The lowest BCUT2D eigenvalue weighted by Gasteiger charge is -2.08. The Kier molecular flexibility index (Phi) is 4.99. The molecule has 1 saturated heterocycles. The highest BCUT2D eigenvalue weighted by molar-refractivity contribution is 7.91. The minimum Gasteiger partial charge on any atom is -0.350 e. The van der Waals surface area contributed by atoms with Gasteiger partial charge in [-0.2, -0.15) is 0 Å². The molecule has 0 radical (unpaired) electrons. The number of hydrogen-bond donors (Lipinski definition) is 2. The Morgan fingerprint density at radius 2 is 2.10 bits per heavy atom. The highest BCUT2D eigenvalue weighted by atomic mass is 32.2. The maximum atomic E-state index is 11.9. The fraction of sp³-hybridized carbons (Fsp3) is 0.667. The number of carbonyl (C=O) groups is 1. The van der Waals surface area contributed by atoms with E-state index in [0.29, 0.717) is 19.6 Å². The quantitative estimate of drug-likeness (QED) is 0.680. The molecule has 0 spiro atoms. The zero-order valence-electron chi connectivity index (χ0n) is 10.7. The van der Waals surface area contributed by atoms with E-state index in [-0.39, 0.29) is 28.2 Å². The molecule has 1 aromatic heterocycles. The molecule has 2 heterocycles. The molecule has 1 amide bonds. The third kappa shape index (κ3) is 4.18. The standard InChI is InChI=1S/C9H14N4O5S2/c1-6(14)11-8-12-13-9(19-8)20(15,16)10-3-2-7-17-4-5-18-7/h7,10H,2-5H2,1H3,(H,11,12,14). The van der Waals surface area contributed by atoms with Gasteiger partial charge in [-0.3, -0.25) is 4.79 Å². The summed E-state index contributed by atoms with van der Waals surface area (Å²) in [5.41, 5.74) is 0. The second kappa shape index (κ2) is 6.54. The van der Waals surface area contributed by atoms with Crippen LogP contribution in [0, 0.1) is 0 Å². The van der Waals surface area contributed by atoms with Crippen molar-refractivity contribution in [1.29, 1.82) is 0 Å². The fourth-order valence-electron chi connectivity index (χ4n) is 1.47. The number of sulfonamides is 1. The van der Waals surface area contributed by atoms with Gasteiger partial charge in [0.25, 0.3) is 10.0 Å². The first-order valence-corrected chi connectivity index (χ1v) is 8.11. The van der Waals surface area contributed by atoms with Crippen molar-refractivity contribution in [3.8, 4) is 0 Å². The number of rotatable bonds is 6. The van der Waals surface area contributed by atoms with Crippen molar-refractivity contribution >= 4 is 32.4 Å². The lowest BCUT2D eigenvalue weighted by atomic mass is 10.4. The molecule has 1 fully saturated rings. The van der Waals surface area contributed by atoms with Gasteiger partial charge in [-0.25, -0.2) is 13.1 Å². The predicted molar refractivity (Wildman–Crippen MR) is 69.7 cm³/mol. The lowest BCUT2D eigenvalue weighted by Crippen LogP contribution is -2.27. The third-order valence-corrected chi connectivity index (χ3v) is 4.95. The van der Waals surface area contributed by atoms with Gasteiger partial charge in [0.15, 0.2) is 6.29 Å². The predicted octanol–water partition coefficient (Wildman–Crippen LogP) is -0.462. The highest BCUT2D eigenvalue weighted by Crippen LogP contribution is 2.19. The molecule has 0 saturated carbocycles. The fourth-order valence-corrected chi connectivity index (χ4v) is 3.50. The van der Waals surface area contributed by atoms with E-state index in [0.717, 1.165) is 11.3 Å². The molecule has 1 aliphatic heterocycles. The van der Waals surface area contributed by atoms with Crippen molar-refractivity contribution in [3.05, 3.63) is 0 Å². The minimum atomic E-state index is -3.73. The summed E-state index contributed by atoms with van der Waals surface area (Å²) < 4.78 is 36.4. The zero-order chi connectivity index (χ0) is 14.6. The van der Waals surface area contributed by atoms with Crippen LogP contribution in [-0.2, 0) is 24.3 Å². The molecular formula is C9H14N4O5S2. The molecular weight excluding hydrogens is 308 g/mol. The summed E-state index contributed by atoms with van der Waals surface area (Å²) in [7, 11) is -3.73. The van der Waals surface area contributed by atoms with Crippen molar-refractivity contribution in [2.75, 3.05) is 25.1 Å². The number of aromatic nitrogens is 2. The first kappa shape index (κ1) is 15.3. The Bertz CT molecular complexity index is 567. The largest absolute Gasteiger partial charge is 0.350 e. The van der Waals surface area contributed by atoms with Crippen LogP contribution in [0.2, 0.25) is 0 Å². The van der Waals surface area contributed by atoms with Crippen LogP contribution in [0.3, 0.4) is 0 Å². The molecule has 0 atom stereocenters. The van der Waals surface area contributed by atoms with Gasteiger partial charge >= 0.3 is 0 Å². The average Bonchev–Trinajstić information content (AvgIpc) is 2.99. The number of nitrogens with one attached hydrogen (secondary N) is 2. The van der Waals surface area contributed by atoms with Crippen molar-refractivity contribution in [1.82, 2.24) is 14.9 Å². The lowest BCUT2D eigenvalue weighted by molar-refractivity contribution is -0.114. The molecule has 0 aliphatic carbocycles. The summed E-state index contributed by atoms with van der Waals surface area (Å²) in [6.45, 7) is 2.51. The van der Waals surface area contributed by atoms with E-state index >= 15 is 0 Å². The van der Waals surface area contributed by atoms with Gasteiger partial charge in [-0.15, -0.1) is 10.2 Å². The van der Waals surface area contributed by atoms with Gasteiger partial charge in [0.1, 0.15) is 0 Å². The van der Waals surface area contributed by atoms with Crippen LogP contribution >= 0.6 is 11.3 Å². The van der Waals surface area contributed by atoms with Crippen LogP contribution in [0.4, 0.5) is 5.13 Å². The molecule has 11 heteroatoms. The average molecular weight is 322 g/mol. The van der Waals surface area contributed by atoms with E-state index in [9.17, 15) is 13.2 Å². The summed E-state index contributed by atoms with van der Waals surface area (Å²) in [5.74, 6) is -0.339. The van der Waals surface area contributed by atoms with E-state index in [1.807, 2.05) is 0 Å². The number of amides is 1. The molecule has 2 rings (SSSR count). The van der Waals surface area contributed by atoms with Crippen LogP contribution in [0.15, 0.2) is 4.34 Å². The van der Waals surface area contributed by atoms with Gasteiger partial charge in [0.05, 0.1) is 13.2 Å². The number of nitrogens with zero attached hydrogens (tertiary/aromatic N) is 2. The summed E-state index contributed by atoms with van der Waals surface area (Å²) in [5, 5.41) is 9.62. The van der Waals surface area contributed by atoms with Crippen LogP contribution in [0.5, 0.6) is 0 Å². The third-order valence-electron chi connectivity index (χ3n) is 2.28. The number of anilines is 1. The number of hydrogen-bond acceptors (Lipinski definition) is 8. The molecule has 0 aromatic carbocycles. The number of carbonyl (C=O) groups excluding carboxylic acids is 1. The van der Waals surface area contributed by atoms with Crippen LogP contribution in [0.1, 0.15) is 13.3 Å². The Morgan fingerprint density at radius 1 is 1.40 bits per heavy atom. The second-order valence-electron chi connectivity index (χ2n) is 3.91. The Labute approximate surface area is 119 Å². The molecule has 112 valence electrons. The molecule has 9 nitrogen and oxygen atoms in total. The first-order valence-electron chi connectivity index (χ1n) is 5.81. The summed E-state index contributed by atoms with van der Waals surface area (Å²) in [4.78, 5) is 10.8. The summed E-state index contributed by atoms with van der Waals surface area (Å²) in [6, 6.07) is 0. The molecule has 20 heavy (non-hydrogen) atoms.